The van der Waals surface area contributed by atoms with Crippen molar-refractivity contribution >= 4 is 18.2 Å². The van der Waals surface area contributed by atoms with Gasteiger partial charge < -0.3 is 15.1 Å². The average molecular weight is 288 g/mol. The number of hydrogen-bond acceptors (Lipinski definition) is 2. The summed E-state index contributed by atoms with van der Waals surface area (Å²) < 4.78 is 38.6. The molecule has 0 radical (unpaired) electrons. The van der Waals surface area contributed by atoms with Gasteiger partial charge in [-0.05, 0) is 18.3 Å². The van der Waals surface area contributed by atoms with E-state index in [4.69, 9.17) is 17.3 Å². The molecule has 19 heavy (non-hydrogen) atoms. The lowest BCUT2D eigenvalue weighted by Gasteiger charge is -2.11. The number of hydrogen-bond donors (Lipinski definition) is 3. The average Bonchev–Trinajstić information content (AvgIpc) is 2.70. The van der Waals surface area contributed by atoms with Crippen LogP contribution in [0.5, 0.6) is 0 Å². The number of rotatable bonds is 2. The van der Waals surface area contributed by atoms with Crippen LogP contribution in [0.1, 0.15) is 16.1 Å². The predicted molar refractivity (Wildman–Crippen MR) is 63.4 cm³/mol. The summed E-state index contributed by atoms with van der Waals surface area (Å²) in [4.78, 5) is 15.7. The minimum Gasteiger partial charge on any atom is -0.477 e. The van der Waals surface area contributed by atoms with Gasteiger partial charge in [0.05, 0.1) is 11.3 Å². The number of nitrogens with one attached hydrogen (secondary N) is 2. The minimum absolute atomic E-state index is 0.0515. The standard InChI is InChI=1S/C11H7F3N2O2S/c12-11(13,14)6-4-2-1-3-5(6)7-8(9(17)18)16-10(19)15-7/h1-4H,(H,17,18)(H2,15,16,19). The van der Waals surface area contributed by atoms with E-state index in [2.05, 4.69) is 9.97 Å². The lowest BCUT2D eigenvalue weighted by atomic mass is 10.0. The molecule has 1 heterocycles. The maximum atomic E-state index is 12.9. The third-order valence-corrected chi connectivity index (χ3v) is 2.65. The molecule has 8 heteroatoms. The smallest absolute Gasteiger partial charge is 0.417 e. The molecule has 2 rings (SSSR count). The van der Waals surface area contributed by atoms with Gasteiger partial charge in [0.15, 0.2) is 10.5 Å². The second-order valence-corrected chi connectivity index (χ2v) is 4.09. The Labute approximate surface area is 109 Å². The molecule has 2 aromatic rings. The molecule has 0 atom stereocenters. The highest BCUT2D eigenvalue weighted by Gasteiger charge is 2.34. The first-order valence-electron chi connectivity index (χ1n) is 5.03. The normalized spacial score (nSPS) is 11.5. The Bertz CT molecular complexity index is 688. The van der Waals surface area contributed by atoms with Crippen LogP contribution >= 0.6 is 12.2 Å². The molecule has 0 saturated carbocycles. The number of benzene rings is 1. The third-order valence-electron chi connectivity index (χ3n) is 2.44. The Hall–Kier alpha value is -2.09. The maximum Gasteiger partial charge on any atom is 0.417 e. The van der Waals surface area contributed by atoms with Crippen LogP contribution in [0.3, 0.4) is 0 Å². The highest BCUT2D eigenvalue weighted by molar-refractivity contribution is 7.71. The number of aromatic amines is 2. The maximum absolute atomic E-state index is 12.9. The van der Waals surface area contributed by atoms with Crippen LogP contribution in [0.2, 0.25) is 0 Å². The van der Waals surface area contributed by atoms with Crippen molar-refractivity contribution in [2.45, 2.75) is 6.18 Å². The summed E-state index contributed by atoms with van der Waals surface area (Å²) in [7, 11) is 0. The molecule has 4 nitrogen and oxygen atoms in total. The van der Waals surface area contributed by atoms with E-state index in [1.165, 1.54) is 18.2 Å². The zero-order chi connectivity index (χ0) is 14.2. The fraction of sp³-hybridized carbons (Fsp3) is 0.0909. The zero-order valence-corrected chi connectivity index (χ0v) is 10.0. The quantitative estimate of drug-likeness (QED) is 0.741. The molecule has 0 aliphatic rings. The molecule has 3 N–H and O–H groups in total. The summed E-state index contributed by atoms with van der Waals surface area (Å²) in [6.07, 6.45) is -4.58. The van der Waals surface area contributed by atoms with Crippen molar-refractivity contribution in [3.05, 3.63) is 40.3 Å². The number of carbonyl (C=O) groups is 1. The Balaban J connectivity index is 2.73. The molecular weight excluding hydrogens is 281 g/mol. The van der Waals surface area contributed by atoms with Crippen LogP contribution in [-0.4, -0.2) is 21.0 Å². The lowest BCUT2D eigenvalue weighted by molar-refractivity contribution is -0.137. The van der Waals surface area contributed by atoms with E-state index < -0.39 is 23.4 Å². The molecule has 0 spiro atoms. The number of carboxylic acid groups (broad SMARTS) is 1. The lowest BCUT2D eigenvalue weighted by Crippen LogP contribution is -2.08. The molecule has 0 bridgehead atoms. The van der Waals surface area contributed by atoms with E-state index in [0.717, 1.165) is 6.07 Å². The van der Waals surface area contributed by atoms with Crippen molar-refractivity contribution in [3.8, 4) is 11.3 Å². The molecular formula is C11H7F3N2O2S. The highest BCUT2D eigenvalue weighted by Crippen LogP contribution is 2.37. The molecule has 100 valence electrons. The van der Waals surface area contributed by atoms with E-state index in [1.807, 2.05) is 0 Å². The number of halogens is 3. The SMILES string of the molecule is O=C(O)c1[nH]c(=S)[nH]c1-c1ccccc1C(F)(F)F. The predicted octanol–water partition coefficient (Wildman–Crippen LogP) is 3.46. The summed E-state index contributed by atoms with van der Waals surface area (Å²) in [5.41, 5.74) is -1.78. The highest BCUT2D eigenvalue weighted by atomic mass is 32.1. The van der Waals surface area contributed by atoms with E-state index >= 15 is 0 Å². The van der Waals surface area contributed by atoms with Crippen molar-refractivity contribution in [2.75, 3.05) is 0 Å². The second kappa shape index (κ2) is 4.54. The fourth-order valence-electron chi connectivity index (χ4n) is 1.69. The Morgan fingerprint density at radius 1 is 1.21 bits per heavy atom. The minimum atomic E-state index is -4.58. The number of H-pyrrole nitrogens is 2. The van der Waals surface area contributed by atoms with Crippen molar-refractivity contribution < 1.29 is 23.1 Å². The molecule has 0 saturated heterocycles. The Morgan fingerprint density at radius 3 is 2.42 bits per heavy atom. The largest absolute Gasteiger partial charge is 0.477 e. The van der Waals surface area contributed by atoms with Crippen LogP contribution in [0.4, 0.5) is 13.2 Å². The van der Waals surface area contributed by atoms with Gasteiger partial charge in [-0.25, -0.2) is 4.79 Å². The van der Waals surface area contributed by atoms with E-state index in [1.54, 1.807) is 0 Å². The first-order valence-corrected chi connectivity index (χ1v) is 5.43. The van der Waals surface area contributed by atoms with E-state index in [9.17, 15) is 18.0 Å². The van der Waals surface area contributed by atoms with Crippen LogP contribution in [0.25, 0.3) is 11.3 Å². The fourth-order valence-corrected chi connectivity index (χ4v) is 1.90. The van der Waals surface area contributed by atoms with E-state index in [-0.39, 0.29) is 16.0 Å². The van der Waals surface area contributed by atoms with Crippen molar-refractivity contribution in [1.29, 1.82) is 0 Å². The van der Waals surface area contributed by atoms with Crippen molar-refractivity contribution in [3.63, 3.8) is 0 Å². The Morgan fingerprint density at radius 2 is 1.84 bits per heavy atom. The van der Waals surface area contributed by atoms with Gasteiger partial charge in [-0.15, -0.1) is 0 Å². The summed E-state index contributed by atoms with van der Waals surface area (Å²) in [6.45, 7) is 0. The molecule has 1 aromatic carbocycles. The van der Waals surface area contributed by atoms with Gasteiger partial charge in [-0.2, -0.15) is 13.2 Å². The molecule has 1 aromatic heterocycles. The summed E-state index contributed by atoms with van der Waals surface area (Å²) in [5, 5.41) is 8.96. The number of aromatic carboxylic acids is 1. The molecule has 0 aliphatic heterocycles. The van der Waals surface area contributed by atoms with Gasteiger partial charge in [-0.3, -0.25) is 0 Å². The van der Waals surface area contributed by atoms with Gasteiger partial charge >= 0.3 is 12.1 Å². The number of imidazole rings is 1. The van der Waals surface area contributed by atoms with Gasteiger partial charge in [-0.1, -0.05) is 18.2 Å². The molecule has 0 fully saturated rings. The third kappa shape index (κ3) is 2.53. The molecule has 0 unspecified atom stereocenters. The number of carboxylic acids is 1. The summed E-state index contributed by atoms with van der Waals surface area (Å²) in [5.74, 6) is -1.39. The molecule has 0 aliphatic carbocycles. The van der Waals surface area contributed by atoms with Gasteiger partial charge in [0, 0.05) is 5.56 Å². The number of alkyl halides is 3. The van der Waals surface area contributed by atoms with Crippen LogP contribution in [-0.2, 0) is 6.18 Å². The van der Waals surface area contributed by atoms with Gasteiger partial charge in [0.2, 0.25) is 0 Å². The number of aromatic nitrogens is 2. The molecule has 0 amide bonds. The van der Waals surface area contributed by atoms with Crippen molar-refractivity contribution in [2.24, 2.45) is 0 Å². The van der Waals surface area contributed by atoms with Crippen LogP contribution in [0, 0.1) is 4.77 Å². The van der Waals surface area contributed by atoms with Gasteiger partial charge in [0.25, 0.3) is 0 Å². The second-order valence-electron chi connectivity index (χ2n) is 3.68. The Kier molecular flexibility index (Phi) is 3.19. The van der Waals surface area contributed by atoms with Gasteiger partial charge in [0.1, 0.15) is 0 Å². The van der Waals surface area contributed by atoms with Crippen LogP contribution < -0.4 is 0 Å². The topological polar surface area (TPSA) is 68.9 Å². The van der Waals surface area contributed by atoms with E-state index in [0.29, 0.717) is 0 Å². The van der Waals surface area contributed by atoms with Crippen LogP contribution in [0.15, 0.2) is 24.3 Å². The monoisotopic (exact) mass is 288 g/mol. The zero-order valence-electron chi connectivity index (χ0n) is 9.21. The first kappa shape index (κ1) is 13.3. The summed E-state index contributed by atoms with van der Waals surface area (Å²) in [6, 6.07) is 4.68. The first-order chi connectivity index (χ1) is 8.80. The van der Waals surface area contributed by atoms with Crippen molar-refractivity contribution in [1.82, 2.24) is 9.97 Å². The summed E-state index contributed by atoms with van der Waals surface area (Å²) >= 11 is 4.72.